The zero-order valence-electron chi connectivity index (χ0n) is 31.1. The number of nitrogens with one attached hydrogen (secondary N) is 1. The Balaban J connectivity index is 1.30. The molecule has 0 radical (unpaired) electrons. The topological polar surface area (TPSA) is 151 Å². The summed E-state index contributed by atoms with van der Waals surface area (Å²) in [7, 11) is 3.65. The largest absolute Gasteiger partial charge is 0.504 e. The van der Waals surface area contributed by atoms with Crippen molar-refractivity contribution < 1.29 is 32.3 Å². The lowest BCUT2D eigenvalue weighted by Gasteiger charge is -2.39. The molecule has 1 aliphatic heterocycles. The van der Waals surface area contributed by atoms with Gasteiger partial charge in [0.05, 0.1) is 22.0 Å². The van der Waals surface area contributed by atoms with Crippen molar-refractivity contribution in [2.75, 3.05) is 32.5 Å². The lowest BCUT2D eigenvalue weighted by Crippen LogP contribution is -2.46. The number of aromatic nitrogens is 6. The van der Waals surface area contributed by atoms with E-state index in [4.69, 9.17) is 11.6 Å². The van der Waals surface area contributed by atoms with Crippen LogP contribution in [-0.4, -0.2) is 83.0 Å². The summed E-state index contributed by atoms with van der Waals surface area (Å²) in [6.07, 6.45) is -2.19. The number of benzene rings is 2. The fraction of sp³-hybridized carbons (Fsp3) is 0.395. The van der Waals surface area contributed by atoms with E-state index in [1.807, 2.05) is 25.9 Å². The van der Waals surface area contributed by atoms with Crippen LogP contribution in [-0.2, 0) is 29.5 Å². The summed E-state index contributed by atoms with van der Waals surface area (Å²) >= 11 is 6.17. The molecule has 1 atom stereocenters. The average Bonchev–Trinajstić information content (AvgIpc) is 3.70. The average molecular weight is 796 g/mol. The summed E-state index contributed by atoms with van der Waals surface area (Å²) in [5, 5.41) is 17.3. The molecule has 2 aromatic carbocycles. The number of piperidine rings is 1. The highest BCUT2D eigenvalue weighted by Crippen LogP contribution is 2.50. The Morgan fingerprint density at radius 2 is 1.82 bits per heavy atom. The molecule has 294 valence electrons. The summed E-state index contributed by atoms with van der Waals surface area (Å²) in [5.74, 6) is -2.13. The van der Waals surface area contributed by atoms with Gasteiger partial charge in [0.2, 0.25) is 11.7 Å². The summed E-state index contributed by atoms with van der Waals surface area (Å²) in [6.45, 7) is 5.65. The van der Waals surface area contributed by atoms with Crippen LogP contribution in [0.5, 0.6) is 5.75 Å². The Labute approximate surface area is 323 Å². The van der Waals surface area contributed by atoms with E-state index in [1.165, 1.54) is 12.4 Å². The van der Waals surface area contributed by atoms with E-state index in [1.54, 1.807) is 29.4 Å². The number of carbonyl (C=O) groups excluding carboxylic acids is 2. The Hall–Kier alpha value is -5.42. The third-order valence-electron chi connectivity index (χ3n) is 10.7. The van der Waals surface area contributed by atoms with Crippen LogP contribution >= 0.6 is 11.6 Å². The van der Waals surface area contributed by atoms with Gasteiger partial charge >= 0.3 is 6.18 Å². The van der Waals surface area contributed by atoms with Gasteiger partial charge in [-0.05, 0) is 89.0 Å². The van der Waals surface area contributed by atoms with Crippen LogP contribution in [0.3, 0.4) is 0 Å². The number of halogens is 5. The molecule has 2 amide bonds. The summed E-state index contributed by atoms with van der Waals surface area (Å²) in [6, 6.07) is 5.62. The van der Waals surface area contributed by atoms with E-state index in [0.717, 1.165) is 22.7 Å². The van der Waals surface area contributed by atoms with E-state index < -0.39 is 46.9 Å². The van der Waals surface area contributed by atoms with E-state index in [0.29, 0.717) is 53.8 Å². The Bertz CT molecular complexity index is 2450. The van der Waals surface area contributed by atoms with E-state index in [2.05, 4.69) is 25.4 Å². The molecular formula is C38H38ClF4N9O4. The molecular weight excluding hydrogens is 758 g/mol. The van der Waals surface area contributed by atoms with Gasteiger partial charge in [-0.15, -0.1) is 5.10 Å². The van der Waals surface area contributed by atoms with E-state index in [-0.39, 0.29) is 58.5 Å². The molecule has 7 rings (SSSR count). The van der Waals surface area contributed by atoms with Crippen LogP contribution in [0.2, 0.25) is 5.02 Å². The second-order valence-corrected chi connectivity index (χ2v) is 15.3. The number of likely N-dealkylation sites (tertiary alicyclic amines) is 1. The van der Waals surface area contributed by atoms with Crippen LogP contribution in [0.1, 0.15) is 76.2 Å². The number of amides is 2. The first-order chi connectivity index (χ1) is 26.4. The second-order valence-electron chi connectivity index (χ2n) is 14.9. The quantitative estimate of drug-likeness (QED) is 0.193. The van der Waals surface area contributed by atoms with Crippen LogP contribution < -0.4 is 10.9 Å². The van der Waals surface area contributed by atoms with Crippen molar-refractivity contribution in [3.05, 3.63) is 97.2 Å². The molecule has 1 saturated heterocycles. The van der Waals surface area contributed by atoms with Crippen LogP contribution in [0.25, 0.3) is 17.2 Å². The Morgan fingerprint density at radius 1 is 1.11 bits per heavy atom. The minimum Gasteiger partial charge on any atom is -0.504 e. The number of aromatic hydroxyl groups is 1. The molecule has 2 aliphatic rings. The number of alkyl halides is 3. The van der Waals surface area contributed by atoms with Crippen LogP contribution in [0, 0.1) is 19.7 Å². The maximum Gasteiger partial charge on any atom is 0.416 e. The molecule has 18 heteroatoms. The van der Waals surface area contributed by atoms with Gasteiger partial charge in [0.25, 0.3) is 11.5 Å². The Kier molecular flexibility index (Phi) is 9.89. The highest BCUT2D eigenvalue weighted by atomic mass is 35.5. The maximum absolute atomic E-state index is 15.5. The third-order valence-corrected chi connectivity index (χ3v) is 11.0. The monoisotopic (exact) mass is 795 g/mol. The maximum atomic E-state index is 15.5. The fourth-order valence-electron chi connectivity index (χ4n) is 8.06. The highest BCUT2D eigenvalue weighted by Gasteiger charge is 2.49. The summed E-state index contributed by atoms with van der Waals surface area (Å²) < 4.78 is 58.1. The molecule has 56 heavy (non-hydrogen) atoms. The SMILES string of the molecule is Cc1cc(-c2nc3n(CC(=O)Nc4ccc(C(F)(F)F)cc4Cl)c4c(c(=O)n3n2)C2(CCN(C(=O)c3ncnc(C)c3O)CC2)CC4C)cc(F)c1CN(C)C. The lowest BCUT2D eigenvalue weighted by atomic mass is 9.73. The molecule has 5 aromatic rings. The van der Waals surface area contributed by atoms with Crippen molar-refractivity contribution in [2.24, 2.45) is 0 Å². The van der Waals surface area contributed by atoms with Gasteiger partial charge < -0.3 is 24.8 Å². The molecule has 1 unspecified atom stereocenters. The lowest BCUT2D eigenvalue weighted by molar-refractivity contribution is -0.137. The van der Waals surface area contributed by atoms with Gasteiger partial charge in [-0.3, -0.25) is 14.4 Å². The molecule has 13 nitrogen and oxygen atoms in total. The number of carbonyl (C=O) groups is 2. The van der Waals surface area contributed by atoms with Gasteiger partial charge in [-0.2, -0.15) is 22.7 Å². The predicted molar refractivity (Wildman–Crippen MR) is 198 cm³/mol. The van der Waals surface area contributed by atoms with Crippen molar-refractivity contribution in [1.29, 1.82) is 0 Å². The number of fused-ring (bicyclic) bond motifs is 3. The van der Waals surface area contributed by atoms with Crippen molar-refractivity contribution in [2.45, 2.75) is 70.6 Å². The van der Waals surface area contributed by atoms with Crippen LogP contribution in [0.15, 0.2) is 41.5 Å². The second kappa shape index (κ2) is 14.3. The van der Waals surface area contributed by atoms with Crippen molar-refractivity contribution in [3.8, 4) is 17.1 Å². The summed E-state index contributed by atoms with van der Waals surface area (Å²) in [5.41, 5.74) is 0.313. The number of anilines is 1. The molecule has 3 aromatic heterocycles. The zero-order chi connectivity index (χ0) is 40.4. The third kappa shape index (κ3) is 6.86. The first-order valence-electron chi connectivity index (χ1n) is 17.8. The Morgan fingerprint density at radius 3 is 2.46 bits per heavy atom. The van der Waals surface area contributed by atoms with Gasteiger partial charge in [0, 0.05) is 47.4 Å². The number of nitrogens with zero attached hydrogens (tertiary/aromatic N) is 8. The van der Waals surface area contributed by atoms with Gasteiger partial charge in [-0.1, -0.05) is 18.5 Å². The molecule has 0 saturated carbocycles. The normalized spacial score (nSPS) is 16.6. The van der Waals surface area contributed by atoms with Gasteiger partial charge in [0.15, 0.2) is 17.3 Å². The predicted octanol–water partition coefficient (Wildman–Crippen LogP) is 5.86. The molecule has 2 N–H and O–H groups in total. The zero-order valence-corrected chi connectivity index (χ0v) is 31.9. The minimum absolute atomic E-state index is 0.0129. The minimum atomic E-state index is -4.64. The highest BCUT2D eigenvalue weighted by molar-refractivity contribution is 6.33. The number of hydrogen-bond acceptors (Lipinski definition) is 9. The number of rotatable bonds is 7. The van der Waals surface area contributed by atoms with Crippen molar-refractivity contribution in [1.82, 2.24) is 38.9 Å². The molecule has 1 fully saturated rings. The van der Waals surface area contributed by atoms with Crippen molar-refractivity contribution >= 4 is 34.9 Å². The van der Waals surface area contributed by atoms with E-state index in [9.17, 15) is 32.7 Å². The molecule has 1 spiro atoms. The van der Waals surface area contributed by atoms with Crippen molar-refractivity contribution in [3.63, 3.8) is 0 Å². The first kappa shape index (κ1) is 38.8. The smallest absolute Gasteiger partial charge is 0.416 e. The number of hydrogen-bond donors (Lipinski definition) is 2. The van der Waals surface area contributed by atoms with Gasteiger partial charge in [0.1, 0.15) is 18.7 Å². The van der Waals surface area contributed by atoms with Crippen LogP contribution in [0.4, 0.5) is 23.2 Å². The molecule has 4 heterocycles. The van der Waals surface area contributed by atoms with Gasteiger partial charge in [-0.25, -0.2) is 14.4 Å². The standard InChI is InChI=1S/C38H38ClF4N9O4/c1-19-12-22(13-26(40)24(19)16-49(4)5)33-47-36-51(17-28(53)46-27-7-6-23(14-25(27)39)38(41,42)43)31-20(2)15-37(29(31)34(55)52(36)48-33)8-10-50(11-9-37)35(56)30-32(54)21(3)44-18-45-30/h6-7,12-14,18,20,54H,8-11,15-17H2,1-5H3,(H,46,53). The summed E-state index contributed by atoms with van der Waals surface area (Å²) in [4.78, 5) is 57.8. The molecule has 1 aliphatic carbocycles. The van der Waals surface area contributed by atoms with E-state index >= 15 is 4.39 Å². The first-order valence-corrected chi connectivity index (χ1v) is 18.2. The fourth-order valence-corrected chi connectivity index (χ4v) is 8.29. The number of aryl methyl sites for hydroxylation is 2. The molecule has 0 bridgehead atoms.